The van der Waals surface area contributed by atoms with Crippen molar-refractivity contribution in [2.75, 3.05) is 58.4 Å². The lowest BCUT2D eigenvalue weighted by atomic mass is 9.89. The molecule has 0 spiro atoms. The molecule has 4 rings (SSSR count). The van der Waals surface area contributed by atoms with Gasteiger partial charge in [0, 0.05) is 49.2 Å². The number of carbonyl (C=O) groups excluding carboxylic acids is 3. The molecule has 1 fully saturated rings. The van der Waals surface area contributed by atoms with E-state index >= 15 is 0 Å². The highest BCUT2D eigenvalue weighted by molar-refractivity contribution is 6.36. The number of nitrogens with two attached hydrogens (primary N) is 1. The van der Waals surface area contributed by atoms with Crippen LogP contribution in [0, 0.1) is 0 Å². The molecule has 4 amide bonds. The van der Waals surface area contributed by atoms with E-state index in [-0.39, 0.29) is 30.4 Å². The maximum Gasteiger partial charge on any atom is 0.322 e. The van der Waals surface area contributed by atoms with Crippen molar-refractivity contribution in [1.82, 2.24) is 20.0 Å². The normalized spacial score (nSPS) is 16.1. The summed E-state index contributed by atoms with van der Waals surface area (Å²) < 4.78 is 5.32. The Morgan fingerprint density at radius 1 is 1.18 bits per heavy atom. The first-order valence-corrected chi connectivity index (χ1v) is 13.0. The molecule has 202 valence electrons. The number of amides is 4. The van der Waals surface area contributed by atoms with Crippen molar-refractivity contribution in [1.29, 1.82) is 0 Å². The minimum absolute atomic E-state index is 0.0534. The van der Waals surface area contributed by atoms with E-state index in [1.807, 2.05) is 49.9 Å². The molecule has 1 saturated heterocycles. The number of hydrogen-bond donors (Lipinski definition) is 3. The predicted octanol–water partition coefficient (Wildman–Crippen LogP) is 0.408. The van der Waals surface area contributed by atoms with E-state index in [0.717, 1.165) is 34.4 Å². The van der Waals surface area contributed by atoms with Crippen molar-refractivity contribution in [3.63, 3.8) is 0 Å². The third-order valence-corrected chi connectivity index (χ3v) is 7.32. The van der Waals surface area contributed by atoms with Gasteiger partial charge < -0.3 is 35.8 Å². The van der Waals surface area contributed by atoms with E-state index in [1.165, 1.54) is 0 Å². The third kappa shape index (κ3) is 6.21. The largest absolute Gasteiger partial charge is 0.497 e. The summed E-state index contributed by atoms with van der Waals surface area (Å²) in [4.78, 5) is 44.2. The van der Waals surface area contributed by atoms with Gasteiger partial charge >= 0.3 is 6.03 Å². The van der Waals surface area contributed by atoms with Gasteiger partial charge in [0.15, 0.2) is 0 Å². The Morgan fingerprint density at radius 3 is 2.61 bits per heavy atom. The molecule has 0 bridgehead atoms. The van der Waals surface area contributed by atoms with E-state index < -0.39 is 0 Å². The Bertz CT molecular complexity index is 1210. The number of nitrogens with one attached hydrogen (secondary N) is 2. The summed E-state index contributed by atoms with van der Waals surface area (Å²) in [5.41, 5.74) is 10.9. The van der Waals surface area contributed by atoms with Crippen molar-refractivity contribution in [3.8, 4) is 5.75 Å². The monoisotopic (exact) mass is 520 g/mol. The Kier molecular flexibility index (Phi) is 8.46. The van der Waals surface area contributed by atoms with Crippen molar-refractivity contribution in [2.45, 2.75) is 31.8 Å². The van der Waals surface area contributed by atoms with Gasteiger partial charge in [0.1, 0.15) is 13.6 Å². The van der Waals surface area contributed by atoms with Crippen LogP contribution < -0.4 is 26.6 Å². The number of rotatable bonds is 7. The van der Waals surface area contributed by atoms with Gasteiger partial charge in [-0.2, -0.15) is 0 Å². The maximum absolute atomic E-state index is 12.9. The van der Waals surface area contributed by atoms with Crippen molar-refractivity contribution < 1.29 is 19.1 Å². The van der Waals surface area contributed by atoms with Gasteiger partial charge in [-0.3, -0.25) is 9.59 Å². The topological polar surface area (TPSA) is 120 Å². The van der Waals surface area contributed by atoms with Crippen molar-refractivity contribution >= 4 is 42.5 Å². The lowest BCUT2D eigenvalue weighted by molar-refractivity contribution is -0.131. The first-order valence-electron chi connectivity index (χ1n) is 13.0. The van der Waals surface area contributed by atoms with E-state index in [0.29, 0.717) is 50.3 Å². The summed E-state index contributed by atoms with van der Waals surface area (Å²) >= 11 is 0. The van der Waals surface area contributed by atoms with Gasteiger partial charge in [0.05, 0.1) is 13.7 Å². The molecule has 2 aromatic rings. The number of nitrogens with zero attached hydrogens (tertiary/aromatic N) is 3. The number of methoxy groups -OCH3 is 1. The Balaban J connectivity index is 1.29. The lowest BCUT2D eigenvalue weighted by Gasteiger charge is -2.38. The molecule has 0 aliphatic carbocycles. The smallest absolute Gasteiger partial charge is 0.322 e. The molecule has 2 heterocycles. The van der Waals surface area contributed by atoms with Gasteiger partial charge in [0.25, 0.3) is 5.91 Å². The van der Waals surface area contributed by atoms with Crippen molar-refractivity contribution in [2.24, 2.45) is 0 Å². The van der Waals surface area contributed by atoms with Gasteiger partial charge in [-0.05, 0) is 68.8 Å². The van der Waals surface area contributed by atoms with Gasteiger partial charge in [0.2, 0.25) is 5.91 Å². The van der Waals surface area contributed by atoms with E-state index in [2.05, 4.69) is 10.6 Å². The number of anilines is 2. The zero-order valence-corrected chi connectivity index (χ0v) is 22.7. The molecule has 0 radical (unpaired) electrons. The summed E-state index contributed by atoms with van der Waals surface area (Å²) in [6, 6.07) is 9.16. The van der Waals surface area contributed by atoms with Crippen LogP contribution >= 0.6 is 0 Å². The fourth-order valence-corrected chi connectivity index (χ4v) is 5.17. The second kappa shape index (κ2) is 11.8. The minimum atomic E-state index is -0.297. The van der Waals surface area contributed by atoms with Crippen LogP contribution in [0.15, 0.2) is 30.3 Å². The van der Waals surface area contributed by atoms with Crippen LogP contribution in [0.4, 0.5) is 16.2 Å². The zero-order valence-electron chi connectivity index (χ0n) is 22.7. The Hall–Kier alpha value is -3.73. The average Bonchev–Trinajstić information content (AvgIpc) is 3.06. The molecule has 0 aromatic heterocycles. The molecular weight excluding hydrogens is 483 g/mol. The zero-order chi connectivity index (χ0) is 27.4. The SMILES string of the molecule is Bc1cc(C(=O)NCC(=O)N2CCC(N3CCc4cc(OC)ccc4NC3=O)CC2)cc(CN(C)C)c1N. The molecule has 0 saturated carbocycles. The number of nitrogen functional groups attached to an aromatic ring is 1. The number of hydrogen-bond acceptors (Lipinski definition) is 6. The third-order valence-electron chi connectivity index (χ3n) is 7.32. The van der Waals surface area contributed by atoms with Crippen LogP contribution in [0.2, 0.25) is 0 Å². The number of fused-ring (bicyclic) bond motifs is 1. The first kappa shape index (κ1) is 27.3. The van der Waals surface area contributed by atoms with Gasteiger partial charge in [-0.25, -0.2) is 4.79 Å². The summed E-state index contributed by atoms with van der Waals surface area (Å²) in [6.45, 7) is 2.24. The van der Waals surface area contributed by atoms with Crippen LogP contribution in [0.3, 0.4) is 0 Å². The van der Waals surface area contributed by atoms with Gasteiger partial charge in [-0.15, -0.1) is 0 Å². The molecule has 4 N–H and O–H groups in total. The van der Waals surface area contributed by atoms with Gasteiger partial charge in [-0.1, -0.05) is 11.5 Å². The fourth-order valence-electron chi connectivity index (χ4n) is 5.17. The number of benzene rings is 2. The number of likely N-dealkylation sites (tertiary alicyclic amines) is 1. The van der Waals surface area contributed by atoms with E-state index in [1.54, 1.807) is 24.1 Å². The number of ether oxygens (including phenoxy) is 1. The fraction of sp³-hybridized carbons (Fsp3) is 0.444. The van der Waals surface area contributed by atoms with Crippen LogP contribution in [0.25, 0.3) is 0 Å². The van der Waals surface area contributed by atoms with Crippen LogP contribution in [0.1, 0.15) is 34.3 Å². The maximum atomic E-state index is 12.9. The highest BCUT2D eigenvalue weighted by Gasteiger charge is 2.31. The molecule has 2 aliphatic heterocycles. The van der Waals surface area contributed by atoms with E-state index in [9.17, 15) is 14.4 Å². The Labute approximate surface area is 224 Å². The molecule has 2 aromatic carbocycles. The second-order valence-electron chi connectivity index (χ2n) is 10.3. The number of carbonyl (C=O) groups is 3. The molecule has 0 unspecified atom stereocenters. The number of piperidine rings is 1. The van der Waals surface area contributed by atoms with Crippen LogP contribution in [-0.2, 0) is 17.8 Å². The summed E-state index contributed by atoms with van der Waals surface area (Å²) in [5.74, 6) is 0.344. The van der Waals surface area contributed by atoms with Crippen LogP contribution in [-0.4, -0.2) is 93.8 Å². The highest BCUT2D eigenvalue weighted by Crippen LogP contribution is 2.27. The number of urea groups is 1. The lowest BCUT2D eigenvalue weighted by Crippen LogP contribution is -2.51. The molecule has 10 nitrogen and oxygen atoms in total. The first-order chi connectivity index (χ1) is 18.2. The predicted molar refractivity (Wildman–Crippen MR) is 151 cm³/mol. The second-order valence-corrected chi connectivity index (χ2v) is 10.3. The quantitative estimate of drug-likeness (QED) is 0.360. The standard InChI is InChI=1S/C27H37BN6O4/c1-32(2)16-19-12-18(14-22(28)25(19)29)26(36)30-15-24(35)33-9-7-20(8-10-33)34-11-6-17-13-21(38-3)4-5-23(17)31-27(34)37/h4-5,12-14,20H,6-11,15-16,28-29H2,1-3H3,(H,30,36)(H,31,37). The molecule has 0 atom stereocenters. The summed E-state index contributed by atoms with van der Waals surface area (Å²) in [6.07, 6.45) is 2.12. The minimum Gasteiger partial charge on any atom is -0.497 e. The molecule has 11 heteroatoms. The summed E-state index contributed by atoms with van der Waals surface area (Å²) in [7, 11) is 7.39. The molecule has 2 aliphatic rings. The van der Waals surface area contributed by atoms with Crippen LogP contribution in [0.5, 0.6) is 5.75 Å². The highest BCUT2D eigenvalue weighted by atomic mass is 16.5. The van der Waals surface area contributed by atoms with Crippen molar-refractivity contribution in [3.05, 3.63) is 47.0 Å². The summed E-state index contributed by atoms with van der Waals surface area (Å²) in [5, 5.41) is 5.78. The van der Waals surface area contributed by atoms with E-state index in [4.69, 9.17) is 10.5 Å². The Morgan fingerprint density at radius 2 is 1.92 bits per heavy atom. The average molecular weight is 520 g/mol. The molecule has 38 heavy (non-hydrogen) atoms. The molecular formula is C27H37BN6O4.